The third kappa shape index (κ3) is 5.67. The fourth-order valence-corrected chi connectivity index (χ4v) is 2.14. The van der Waals surface area contributed by atoms with Gasteiger partial charge in [-0.05, 0) is 23.6 Å². The molecule has 0 heterocycles. The summed E-state index contributed by atoms with van der Waals surface area (Å²) in [6, 6.07) is 15.0. The Morgan fingerprint density at radius 2 is 1.65 bits per heavy atom. The molecule has 0 bridgehead atoms. The van der Waals surface area contributed by atoms with Crippen LogP contribution in [0.25, 0.3) is 0 Å². The van der Waals surface area contributed by atoms with Crippen molar-refractivity contribution in [3.8, 4) is 0 Å². The third-order valence-electron chi connectivity index (χ3n) is 3.52. The van der Waals surface area contributed by atoms with E-state index in [0.29, 0.717) is 13.2 Å². The van der Waals surface area contributed by atoms with Crippen LogP contribution in [-0.4, -0.2) is 13.0 Å². The van der Waals surface area contributed by atoms with Crippen LogP contribution in [0.4, 0.5) is 0 Å². The van der Waals surface area contributed by atoms with Crippen molar-refractivity contribution in [3.05, 3.63) is 70.8 Å². The number of carbonyl (C=O) groups excluding carboxylic acids is 1. The van der Waals surface area contributed by atoms with Crippen LogP contribution in [0, 0.1) is 6.92 Å². The number of halogens is 1. The molecule has 0 fully saturated rings. The number of amides is 1. The van der Waals surface area contributed by atoms with Gasteiger partial charge >= 0.3 is 0 Å². The van der Waals surface area contributed by atoms with Gasteiger partial charge in [0.2, 0.25) is 5.91 Å². The first-order valence-corrected chi connectivity index (χ1v) is 7.27. The first-order valence-electron chi connectivity index (χ1n) is 7.27. The van der Waals surface area contributed by atoms with Gasteiger partial charge in [-0.15, -0.1) is 12.4 Å². The van der Waals surface area contributed by atoms with Crippen molar-refractivity contribution in [2.75, 3.05) is 7.11 Å². The lowest BCUT2D eigenvalue weighted by atomic mass is 10.1. The highest BCUT2D eigenvalue weighted by molar-refractivity contribution is 5.85. The molecule has 0 saturated heterocycles. The lowest BCUT2D eigenvalue weighted by Crippen LogP contribution is -2.33. The molecule has 0 saturated carbocycles. The Balaban J connectivity index is 0.00000264. The highest BCUT2D eigenvalue weighted by atomic mass is 35.5. The van der Waals surface area contributed by atoms with Gasteiger partial charge < -0.3 is 15.8 Å². The second kappa shape index (κ2) is 9.30. The fourth-order valence-electron chi connectivity index (χ4n) is 2.14. The lowest BCUT2D eigenvalue weighted by Gasteiger charge is -2.13. The number of nitrogens with one attached hydrogen (secondary N) is 1. The third-order valence-corrected chi connectivity index (χ3v) is 3.52. The molecule has 4 nitrogen and oxygen atoms in total. The van der Waals surface area contributed by atoms with E-state index in [9.17, 15) is 4.79 Å². The minimum atomic E-state index is -0.645. The van der Waals surface area contributed by atoms with Crippen LogP contribution in [0.5, 0.6) is 0 Å². The van der Waals surface area contributed by atoms with Crippen LogP contribution < -0.4 is 11.1 Å². The molecule has 0 aromatic heterocycles. The van der Waals surface area contributed by atoms with Crippen molar-refractivity contribution in [1.82, 2.24) is 5.32 Å². The van der Waals surface area contributed by atoms with Crippen LogP contribution >= 0.6 is 12.4 Å². The molecule has 2 rings (SSSR count). The molecule has 0 radical (unpaired) electrons. The van der Waals surface area contributed by atoms with Gasteiger partial charge in [-0.2, -0.15) is 0 Å². The first-order chi connectivity index (χ1) is 10.6. The molecule has 5 heteroatoms. The lowest BCUT2D eigenvalue weighted by molar-refractivity contribution is -0.122. The number of nitrogens with two attached hydrogens (primary N) is 1. The number of aryl methyl sites for hydroxylation is 1. The topological polar surface area (TPSA) is 64.3 Å². The van der Waals surface area contributed by atoms with E-state index in [0.717, 1.165) is 22.3 Å². The molecule has 1 unspecified atom stereocenters. The SMILES string of the molecule is COCc1ccc(CNC(=O)C(N)c2ccc(C)cc2)cc1.Cl. The minimum Gasteiger partial charge on any atom is -0.380 e. The van der Waals surface area contributed by atoms with Crippen molar-refractivity contribution in [2.24, 2.45) is 5.73 Å². The van der Waals surface area contributed by atoms with E-state index < -0.39 is 6.04 Å². The van der Waals surface area contributed by atoms with Crippen molar-refractivity contribution >= 4 is 18.3 Å². The van der Waals surface area contributed by atoms with E-state index in [1.807, 2.05) is 55.5 Å². The summed E-state index contributed by atoms with van der Waals surface area (Å²) < 4.78 is 5.07. The van der Waals surface area contributed by atoms with Gasteiger partial charge in [-0.1, -0.05) is 54.1 Å². The summed E-state index contributed by atoms with van der Waals surface area (Å²) in [4.78, 5) is 12.1. The highest BCUT2D eigenvalue weighted by Crippen LogP contribution is 2.12. The quantitative estimate of drug-likeness (QED) is 0.853. The summed E-state index contributed by atoms with van der Waals surface area (Å²) in [6.45, 7) is 3.05. The maximum Gasteiger partial charge on any atom is 0.241 e. The van der Waals surface area contributed by atoms with Gasteiger partial charge in [0.1, 0.15) is 6.04 Å². The van der Waals surface area contributed by atoms with E-state index in [1.165, 1.54) is 0 Å². The zero-order valence-electron chi connectivity index (χ0n) is 13.4. The molecule has 0 aliphatic carbocycles. The molecule has 0 aliphatic rings. The van der Waals surface area contributed by atoms with Gasteiger partial charge in [0.05, 0.1) is 6.61 Å². The number of rotatable bonds is 6. The van der Waals surface area contributed by atoms with Gasteiger partial charge in [0, 0.05) is 13.7 Å². The van der Waals surface area contributed by atoms with Crippen LogP contribution in [0.3, 0.4) is 0 Å². The molecular weight excluding hydrogens is 312 g/mol. The van der Waals surface area contributed by atoms with Crippen LogP contribution in [0.1, 0.15) is 28.3 Å². The predicted molar refractivity (Wildman–Crippen MR) is 94.4 cm³/mol. The zero-order chi connectivity index (χ0) is 15.9. The summed E-state index contributed by atoms with van der Waals surface area (Å²) in [6.07, 6.45) is 0. The average Bonchev–Trinajstić information content (AvgIpc) is 2.54. The largest absolute Gasteiger partial charge is 0.380 e. The minimum absolute atomic E-state index is 0. The summed E-state index contributed by atoms with van der Waals surface area (Å²) in [5.74, 6) is -0.176. The maximum absolute atomic E-state index is 12.1. The Bertz CT molecular complexity index is 612. The van der Waals surface area contributed by atoms with Crippen molar-refractivity contribution in [2.45, 2.75) is 26.1 Å². The van der Waals surface area contributed by atoms with Gasteiger partial charge in [0.15, 0.2) is 0 Å². The number of carbonyl (C=O) groups is 1. The monoisotopic (exact) mass is 334 g/mol. The Morgan fingerprint density at radius 3 is 2.22 bits per heavy atom. The van der Waals surface area contributed by atoms with Gasteiger partial charge in [0.25, 0.3) is 0 Å². The number of hydrogen-bond donors (Lipinski definition) is 2. The molecule has 1 amide bonds. The smallest absolute Gasteiger partial charge is 0.241 e. The van der Waals surface area contributed by atoms with Crippen molar-refractivity contribution in [3.63, 3.8) is 0 Å². The molecule has 124 valence electrons. The number of hydrogen-bond acceptors (Lipinski definition) is 3. The molecule has 3 N–H and O–H groups in total. The molecular formula is C18H23ClN2O2. The standard InChI is InChI=1S/C18H22N2O2.ClH/c1-13-3-9-16(10-4-13)17(19)18(21)20-11-14-5-7-15(8-6-14)12-22-2;/h3-10,17H,11-12,19H2,1-2H3,(H,20,21);1H. The summed E-state index contributed by atoms with van der Waals surface area (Å²) in [5.41, 5.74) is 10.1. The molecule has 2 aromatic carbocycles. The Labute approximate surface area is 143 Å². The summed E-state index contributed by atoms with van der Waals surface area (Å²) >= 11 is 0. The number of benzene rings is 2. The summed E-state index contributed by atoms with van der Waals surface area (Å²) in [7, 11) is 1.67. The van der Waals surface area contributed by atoms with Gasteiger partial charge in [-0.25, -0.2) is 0 Å². The van der Waals surface area contributed by atoms with E-state index in [4.69, 9.17) is 10.5 Å². The van der Waals surface area contributed by atoms with Crippen LogP contribution in [0.15, 0.2) is 48.5 Å². The molecule has 0 aliphatic heterocycles. The maximum atomic E-state index is 12.1. The fraction of sp³-hybridized carbons (Fsp3) is 0.278. The Morgan fingerprint density at radius 1 is 1.09 bits per heavy atom. The molecule has 23 heavy (non-hydrogen) atoms. The zero-order valence-corrected chi connectivity index (χ0v) is 14.2. The number of ether oxygens (including phenoxy) is 1. The van der Waals surface area contributed by atoms with Gasteiger partial charge in [-0.3, -0.25) is 4.79 Å². The van der Waals surface area contributed by atoms with Crippen LogP contribution in [-0.2, 0) is 22.7 Å². The van der Waals surface area contributed by atoms with Crippen LogP contribution in [0.2, 0.25) is 0 Å². The summed E-state index contributed by atoms with van der Waals surface area (Å²) in [5, 5.41) is 2.87. The second-order valence-electron chi connectivity index (χ2n) is 5.36. The Kier molecular flexibility index (Phi) is 7.75. The second-order valence-corrected chi connectivity index (χ2v) is 5.36. The number of methoxy groups -OCH3 is 1. The molecule has 1 atom stereocenters. The van der Waals surface area contributed by atoms with E-state index in [-0.39, 0.29) is 18.3 Å². The van der Waals surface area contributed by atoms with Crippen molar-refractivity contribution in [1.29, 1.82) is 0 Å². The Hall–Kier alpha value is -1.88. The first kappa shape index (κ1) is 19.2. The normalized spacial score (nSPS) is 11.4. The van der Waals surface area contributed by atoms with E-state index in [2.05, 4.69) is 5.32 Å². The average molecular weight is 335 g/mol. The van der Waals surface area contributed by atoms with Crippen molar-refractivity contribution < 1.29 is 9.53 Å². The molecule has 0 spiro atoms. The highest BCUT2D eigenvalue weighted by Gasteiger charge is 2.14. The van der Waals surface area contributed by atoms with E-state index >= 15 is 0 Å². The predicted octanol–water partition coefficient (Wildman–Crippen LogP) is 2.88. The molecule has 2 aromatic rings. The van der Waals surface area contributed by atoms with E-state index in [1.54, 1.807) is 7.11 Å².